The fourth-order valence-corrected chi connectivity index (χ4v) is 1.25. The van der Waals surface area contributed by atoms with Gasteiger partial charge in [-0.2, -0.15) is 0 Å². The molecule has 2 heteroatoms. The van der Waals surface area contributed by atoms with Crippen molar-refractivity contribution in [2.24, 2.45) is 0 Å². The van der Waals surface area contributed by atoms with E-state index in [9.17, 15) is 0 Å². The van der Waals surface area contributed by atoms with Crippen LogP contribution in [0.2, 0.25) is 4.55 Å². The summed E-state index contributed by atoms with van der Waals surface area (Å²) in [4.78, 5) is 0. The second-order valence-electron chi connectivity index (χ2n) is 1.64. The molecule has 1 unspecified atom stereocenters. The molecule has 0 spiro atoms. The maximum Gasteiger partial charge on any atom is 0.408 e. The van der Waals surface area contributed by atoms with Crippen LogP contribution in [-0.4, -0.2) is 29.7 Å². The zero-order valence-electron chi connectivity index (χ0n) is 4.44. The Labute approximate surface area is 48.5 Å². The Hall–Kier alpha value is 0.726. The number of rotatable bonds is 2. The first-order valence-electron chi connectivity index (χ1n) is 2.45. The van der Waals surface area contributed by atoms with Gasteiger partial charge in [-0.15, -0.1) is 4.55 Å². The zero-order chi connectivity index (χ0) is 4.99. The van der Waals surface area contributed by atoms with Crippen LogP contribution in [0.1, 0.15) is 13.8 Å². The summed E-state index contributed by atoms with van der Waals surface area (Å²) in [6.45, 7) is 3.99. The summed E-state index contributed by atoms with van der Waals surface area (Å²) in [6, 6.07) is 0. The van der Waals surface area contributed by atoms with Crippen LogP contribution in [-0.2, 0) is 0 Å². The molecule has 0 rings (SSSR count). The van der Waals surface area contributed by atoms with Gasteiger partial charge in [0.05, 0.1) is 0 Å². The van der Waals surface area contributed by atoms with Gasteiger partial charge < -0.3 is 5.11 Å². The Balaban J connectivity index is 2.63. The lowest BCUT2D eigenvalue weighted by molar-refractivity contribution is 0.272. The highest BCUT2D eigenvalue weighted by Crippen LogP contribution is 1.79. The van der Waals surface area contributed by atoms with Crippen molar-refractivity contribution in [3.8, 4) is 0 Å². The summed E-state index contributed by atoms with van der Waals surface area (Å²) < 4.78 is 1.26. The third-order valence-electron chi connectivity index (χ3n) is 0.706. The molecule has 0 saturated carbocycles. The van der Waals surface area contributed by atoms with Gasteiger partial charge in [0.2, 0.25) is 0 Å². The average molecular weight is 98.4 g/mol. The lowest BCUT2D eigenvalue weighted by Crippen LogP contribution is -2.08. The van der Waals surface area contributed by atoms with Crippen molar-refractivity contribution < 1.29 is 5.11 Å². The fourth-order valence-electron chi connectivity index (χ4n) is 0.418. The van der Waals surface area contributed by atoms with Crippen molar-refractivity contribution in [1.29, 1.82) is 0 Å². The van der Waals surface area contributed by atoms with E-state index in [1.54, 1.807) is 0 Å². The Morgan fingerprint density at radius 2 is 2.33 bits per heavy atom. The number of hydrogen-bond donors (Lipinski definition) is 1. The third kappa shape index (κ3) is 4.73. The summed E-state index contributed by atoms with van der Waals surface area (Å²) in [6.07, 6.45) is 0. The third-order valence-corrected chi connectivity index (χ3v) is 2.12. The molecule has 0 saturated heterocycles. The Kier molecular flexibility index (Phi) is 4.37. The second-order valence-corrected chi connectivity index (χ2v) is 4.40. The fraction of sp³-hybridized carbons (Fsp3) is 1.00. The van der Waals surface area contributed by atoms with Crippen LogP contribution < -0.4 is 0 Å². The molecule has 0 amide bonds. The molecular formula is C4H10MgO. The molecule has 1 nitrogen and oxygen atoms in total. The van der Waals surface area contributed by atoms with Gasteiger partial charge in [-0.3, -0.25) is 0 Å². The summed E-state index contributed by atoms with van der Waals surface area (Å²) in [5.74, 6) is 0. The maximum absolute atomic E-state index is 8.61. The molecule has 1 N–H and O–H groups in total. The first-order chi connectivity index (χ1) is 2.77. The van der Waals surface area contributed by atoms with E-state index in [1.807, 2.05) is 6.92 Å². The van der Waals surface area contributed by atoms with Crippen molar-refractivity contribution in [3.05, 3.63) is 0 Å². The minimum absolute atomic E-state index is 0.0370. The summed E-state index contributed by atoms with van der Waals surface area (Å²) in [5.41, 5.74) is 0. The summed E-state index contributed by atoms with van der Waals surface area (Å²) in [7, 11) is 0. The molecule has 0 fully saturated rings. The van der Waals surface area contributed by atoms with Gasteiger partial charge in [0.1, 0.15) is 0 Å². The van der Waals surface area contributed by atoms with Crippen LogP contribution in [0.3, 0.4) is 0 Å². The molecule has 0 aliphatic rings. The van der Waals surface area contributed by atoms with E-state index in [1.165, 1.54) is 4.55 Å². The number of aliphatic hydroxyl groups is 1. The normalized spacial score (nSPS) is 13.2. The topological polar surface area (TPSA) is 20.2 Å². The lowest BCUT2D eigenvalue weighted by atomic mass is 10.9. The van der Waals surface area contributed by atoms with Gasteiger partial charge in [-0.1, -0.05) is 18.1 Å². The SMILES string of the molecule is C[CH2][Mg][CH](C)O. The van der Waals surface area contributed by atoms with Gasteiger partial charge >= 0.3 is 20.4 Å². The lowest BCUT2D eigenvalue weighted by Gasteiger charge is -1.92. The first kappa shape index (κ1) is 6.73. The minimum Gasteiger partial charge on any atom is -0.422 e. The van der Waals surface area contributed by atoms with Crippen LogP contribution >= 0.6 is 0 Å². The molecule has 0 aromatic heterocycles. The van der Waals surface area contributed by atoms with Crippen molar-refractivity contribution in [3.63, 3.8) is 0 Å². The van der Waals surface area contributed by atoms with E-state index >= 15 is 0 Å². The van der Waals surface area contributed by atoms with Crippen LogP contribution in [0.15, 0.2) is 0 Å². The second kappa shape index (κ2) is 3.90. The molecular weight excluding hydrogens is 88.3 g/mol. The molecule has 0 bridgehead atoms. The number of hydrogen-bond acceptors (Lipinski definition) is 1. The van der Waals surface area contributed by atoms with Crippen molar-refractivity contribution in [2.45, 2.75) is 22.6 Å². The standard InChI is InChI=1S/C2H5O.C2H5.Mg/c1-2-3;1-2;/h2-3H,1H3;1H2,2H3;. The molecule has 0 aliphatic carbocycles. The van der Waals surface area contributed by atoms with E-state index in [-0.39, 0.29) is 24.6 Å². The van der Waals surface area contributed by atoms with Crippen molar-refractivity contribution >= 4 is 20.4 Å². The minimum atomic E-state index is -0.0880. The highest BCUT2D eigenvalue weighted by molar-refractivity contribution is 6.36. The van der Waals surface area contributed by atoms with Crippen molar-refractivity contribution in [2.75, 3.05) is 0 Å². The van der Waals surface area contributed by atoms with Gasteiger partial charge in [0.15, 0.2) is 0 Å². The molecule has 0 aliphatic heterocycles. The van der Waals surface area contributed by atoms with E-state index in [2.05, 4.69) is 6.92 Å². The number of aliphatic hydroxyl groups excluding tert-OH is 1. The van der Waals surface area contributed by atoms with Crippen LogP contribution in [0.5, 0.6) is 0 Å². The van der Waals surface area contributed by atoms with Gasteiger partial charge in [0, 0.05) is 0 Å². The average Bonchev–Trinajstić information content (AvgIpc) is 1.35. The molecule has 34 valence electrons. The smallest absolute Gasteiger partial charge is 0.408 e. The highest BCUT2D eigenvalue weighted by Gasteiger charge is 1.95. The quantitative estimate of drug-likeness (QED) is 0.498. The van der Waals surface area contributed by atoms with E-state index in [0.717, 1.165) is 0 Å². The van der Waals surface area contributed by atoms with Gasteiger partial charge in [0.25, 0.3) is 0 Å². The predicted octanol–water partition coefficient (Wildman–Crippen LogP) is 0.467. The molecule has 0 aromatic carbocycles. The van der Waals surface area contributed by atoms with E-state index in [4.69, 9.17) is 5.11 Å². The molecule has 6 heavy (non-hydrogen) atoms. The Morgan fingerprint density at radius 3 is 2.33 bits per heavy atom. The molecule has 0 radical (unpaired) electrons. The monoisotopic (exact) mass is 98.1 g/mol. The first-order valence-corrected chi connectivity index (χ1v) is 4.27. The molecule has 1 atom stereocenters. The van der Waals surface area contributed by atoms with E-state index < -0.39 is 0 Å². The van der Waals surface area contributed by atoms with Crippen molar-refractivity contribution in [1.82, 2.24) is 0 Å². The van der Waals surface area contributed by atoms with Crippen LogP contribution in [0.4, 0.5) is 0 Å². The van der Waals surface area contributed by atoms with Gasteiger partial charge in [-0.25, -0.2) is 0 Å². The maximum atomic E-state index is 8.61. The molecule has 0 aromatic rings. The predicted molar refractivity (Wildman–Crippen MR) is 27.9 cm³/mol. The molecule has 0 heterocycles. The van der Waals surface area contributed by atoms with Crippen LogP contribution in [0, 0.1) is 0 Å². The van der Waals surface area contributed by atoms with Crippen LogP contribution in [0.25, 0.3) is 0 Å². The van der Waals surface area contributed by atoms with E-state index in [0.29, 0.717) is 0 Å². The van der Waals surface area contributed by atoms with Gasteiger partial charge in [-0.05, 0) is 0 Å². The Morgan fingerprint density at radius 1 is 1.83 bits per heavy atom. The highest BCUT2D eigenvalue weighted by atomic mass is 24.5. The largest absolute Gasteiger partial charge is 0.422 e. The zero-order valence-corrected chi connectivity index (χ0v) is 5.85. The Bertz CT molecular complexity index is 28.7. The summed E-state index contributed by atoms with van der Waals surface area (Å²) in [5, 5.41) is 8.61. The summed E-state index contributed by atoms with van der Waals surface area (Å²) >= 11 is -0.0880.